The lowest BCUT2D eigenvalue weighted by atomic mass is 10.1. The van der Waals surface area contributed by atoms with Gasteiger partial charge in [-0.25, -0.2) is 13.4 Å². The van der Waals surface area contributed by atoms with E-state index >= 15 is 0 Å². The van der Waals surface area contributed by atoms with E-state index in [1.165, 1.54) is 19.1 Å². The molecule has 2 N–H and O–H groups in total. The molecule has 1 unspecified atom stereocenters. The minimum absolute atomic E-state index is 0.0386. The Morgan fingerprint density at radius 1 is 1.25 bits per heavy atom. The Kier molecular flexibility index (Phi) is 5.06. The summed E-state index contributed by atoms with van der Waals surface area (Å²) in [6, 6.07) is 6.12. The molecule has 0 radical (unpaired) electrons. The highest BCUT2D eigenvalue weighted by molar-refractivity contribution is 7.89. The second-order valence-corrected chi connectivity index (χ2v) is 8.08. The smallest absolute Gasteiger partial charge is 0.309 e. The van der Waals surface area contributed by atoms with E-state index in [0.717, 1.165) is 17.7 Å². The van der Waals surface area contributed by atoms with Crippen LogP contribution in [0.1, 0.15) is 25.0 Å². The number of pyridine rings is 1. The topological polar surface area (TPSA) is 91.4 Å². The first-order valence-electron chi connectivity index (χ1n) is 8.23. The summed E-state index contributed by atoms with van der Waals surface area (Å²) in [4.78, 5) is 18.9. The lowest BCUT2D eigenvalue weighted by Gasteiger charge is -2.20. The van der Waals surface area contributed by atoms with Crippen LogP contribution in [0, 0.1) is 0 Å². The highest BCUT2D eigenvalue weighted by Gasteiger charge is 2.31. The number of hydrogen-bond donors (Lipinski definition) is 2. The average Bonchev–Trinajstić information content (AvgIpc) is 2.94. The number of benzene rings is 1. The van der Waals surface area contributed by atoms with Gasteiger partial charge in [-0.3, -0.25) is 10.2 Å². The van der Waals surface area contributed by atoms with E-state index in [0.29, 0.717) is 18.3 Å². The van der Waals surface area contributed by atoms with Gasteiger partial charge < -0.3 is 4.90 Å². The van der Waals surface area contributed by atoms with Crippen LogP contribution < -0.4 is 15.2 Å². The molecule has 150 valence electrons. The molecule has 0 spiro atoms. The molecule has 0 bridgehead atoms. The standard InChI is InChI=1S/C17H17F3N4O3S/c1-10-7-12-8-14(4-5-15(12)24(10)11(2)25)28(26,27)23-22-16-6-3-13(9-21-16)17(18,19)20/h3-6,8-10,23H,7H2,1-2H3,(H,21,22). The zero-order chi connectivity index (χ0) is 20.7. The third kappa shape index (κ3) is 3.94. The number of hydrazine groups is 1. The largest absolute Gasteiger partial charge is 0.417 e. The van der Waals surface area contributed by atoms with Crippen LogP contribution in [0.2, 0.25) is 0 Å². The van der Waals surface area contributed by atoms with E-state index in [1.807, 2.05) is 6.92 Å². The first-order chi connectivity index (χ1) is 13.0. The summed E-state index contributed by atoms with van der Waals surface area (Å²) in [6.45, 7) is 3.31. The van der Waals surface area contributed by atoms with E-state index < -0.39 is 21.8 Å². The van der Waals surface area contributed by atoms with Crippen molar-refractivity contribution in [1.82, 2.24) is 9.82 Å². The first kappa shape index (κ1) is 20.1. The van der Waals surface area contributed by atoms with Crippen molar-refractivity contribution in [3.05, 3.63) is 47.7 Å². The molecule has 1 aromatic heterocycles. The van der Waals surface area contributed by atoms with E-state index in [-0.39, 0.29) is 22.7 Å². The highest BCUT2D eigenvalue weighted by atomic mass is 32.2. The van der Waals surface area contributed by atoms with Gasteiger partial charge in [0.1, 0.15) is 5.82 Å². The number of anilines is 2. The van der Waals surface area contributed by atoms with Crippen molar-refractivity contribution < 1.29 is 26.4 Å². The molecule has 3 rings (SSSR count). The minimum atomic E-state index is -4.53. The van der Waals surface area contributed by atoms with Gasteiger partial charge >= 0.3 is 6.18 Å². The van der Waals surface area contributed by atoms with Crippen molar-refractivity contribution in [2.45, 2.75) is 37.4 Å². The molecule has 1 aliphatic rings. The van der Waals surface area contributed by atoms with Gasteiger partial charge in [-0.05, 0) is 49.2 Å². The number of nitrogens with one attached hydrogen (secondary N) is 2. The second kappa shape index (κ2) is 7.06. The number of aromatic nitrogens is 1. The van der Waals surface area contributed by atoms with Crippen LogP contribution in [0.25, 0.3) is 0 Å². The van der Waals surface area contributed by atoms with E-state index in [2.05, 4.69) is 15.2 Å². The van der Waals surface area contributed by atoms with Gasteiger partial charge in [0.15, 0.2) is 0 Å². The maximum Gasteiger partial charge on any atom is 0.417 e. The van der Waals surface area contributed by atoms with Crippen molar-refractivity contribution in [2.75, 3.05) is 10.3 Å². The highest BCUT2D eigenvalue weighted by Crippen LogP contribution is 2.34. The Morgan fingerprint density at radius 3 is 2.54 bits per heavy atom. The lowest BCUT2D eigenvalue weighted by Crippen LogP contribution is -2.33. The Bertz CT molecular complexity index is 1010. The third-order valence-corrected chi connectivity index (χ3v) is 5.57. The van der Waals surface area contributed by atoms with Gasteiger partial charge in [0.2, 0.25) is 5.91 Å². The summed E-state index contributed by atoms with van der Waals surface area (Å²) in [5.74, 6) is -0.218. The number of hydrogen-bond acceptors (Lipinski definition) is 5. The summed E-state index contributed by atoms with van der Waals surface area (Å²) < 4.78 is 62.5. The average molecular weight is 414 g/mol. The molecule has 0 fully saturated rings. The molecule has 11 heteroatoms. The number of nitrogens with zero attached hydrogens (tertiary/aromatic N) is 2. The van der Waals surface area contributed by atoms with Crippen LogP contribution >= 0.6 is 0 Å². The quantitative estimate of drug-likeness (QED) is 0.751. The molecule has 1 aromatic carbocycles. The molecular weight excluding hydrogens is 397 g/mol. The summed E-state index contributed by atoms with van der Waals surface area (Å²) in [6.07, 6.45) is -3.41. The number of carbonyl (C=O) groups excluding carboxylic acids is 1. The number of rotatable bonds is 4. The fourth-order valence-electron chi connectivity index (χ4n) is 3.07. The SMILES string of the molecule is CC(=O)N1c2ccc(S(=O)(=O)NNc3ccc(C(F)(F)F)cn3)cc2CC1C. The third-order valence-electron chi connectivity index (χ3n) is 4.32. The van der Waals surface area contributed by atoms with E-state index in [1.54, 1.807) is 11.0 Å². The molecule has 2 aromatic rings. The Hall–Kier alpha value is -2.66. The molecule has 0 saturated heterocycles. The van der Waals surface area contributed by atoms with Crippen LogP contribution in [0.5, 0.6) is 0 Å². The predicted octanol–water partition coefficient (Wildman–Crippen LogP) is 2.70. The number of halogens is 3. The van der Waals surface area contributed by atoms with Crippen molar-refractivity contribution >= 4 is 27.4 Å². The van der Waals surface area contributed by atoms with Crippen molar-refractivity contribution in [1.29, 1.82) is 0 Å². The number of sulfonamides is 1. The summed E-state index contributed by atoms with van der Waals surface area (Å²) in [5, 5.41) is 0. The van der Waals surface area contributed by atoms with Crippen LogP contribution in [0.4, 0.5) is 24.7 Å². The zero-order valence-electron chi connectivity index (χ0n) is 14.9. The van der Waals surface area contributed by atoms with Gasteiger partial charge in [0, 0.05) is 24.8 Å². The first-order valence-corrected chi connectivity index (χ1v) is 9.71. The molecule has 1 aliphatic heterocycles. The van der Waals surface area contributed by atoms with Crippen LogP contribution in [-0.4, -0.2) is 25.4 Å². The zero-order valence-corrected chi connectivity index (χ0v) is 15.7. The summed E-state index contributed by atoms with van der Waals surface area (Å²) in [5.41, 5.74) is 2.73. The van der Waals surface area contributed by atoms with Crippen LogP contribution in [0.15, 0.2) is 41.4 Å². The fourth-order valence-corrected chi connectivity index (χ4v) is 3.97. The summed E-state index contributed by atoms with van der Waals surface area (Å²) in [7, 11) is -4.00. The predicted molar refractivity (Wildman–Crippen MR) is 96.0 cm³/mol. The lowest BCUT2D eigenvalue weighted by molar-refractivity contribution is -0.137. The Morgan fingerprint density at radius 2 is 1.96 bits per heavy atom. The second-order valence-electron chi connectivity index (χ2n) is 6.39. The van der Waals surface area contributed by atoms with Crippen molar-refractivity contribution in [2.24, 2.45) is 0 Å². The number of fused-ring (bicyclic) bond motifs is 1. The van der Waals surface area contributed by atoms with E-state index in [9.17, 15) is 26.4 Å². The van der Waals surface area contributed by atoms with Gasteiger partial charge in [-0.1, -0.05) is 0 Å². The van der Waals surface area contributed by atoms with Crippen molar-refractivity contribution in [3.63, 3.8) is 0 Å². The Labute approximate surface area is 159 Å². The van der Waals surface area contributed by atoms with Gasteiger partial charge in [-0.2, -0.15) is 13.2 Å². The number of amides is 1. The van der Waals surface area contributed by atoms with E-state index in [4.69, 9.17) is 0 Å². The van der Waals surface area contributed by atoms with Gasteiger partial charge in [0.05, 0.1) is 10.5 Å². The monoisotopic (exact) mass is 414 g/mol. The number of carbonyl (C=O) groups is 1. The van der Waals surface area contributed by atoms with Crippen LogP contribution in [-0.2, 0) is 27.4 Å². The van der Waals surface area contributed by atoms with Crippen LogP contribution in [0.3, 0.4) is 0 Å². The normalized spacial score (nSPS) is 16.8. The number of alkyl halides is 3. The van der Waals surface area contributed by atoms with Crippen molar-refractivity contribution in [3.8, 4) is 0 Å². The molecular formula is C17H17F3N4O3S. The molecule has 0 aliphatic carbocycles. The maximum atomic E-state index is 12.5. The van der Waals surface area contributed by atoms with Gasteiger partial charge in [0.25, 0.3) is 10.0 Å². The van der Waals surface area contributed by atoms with Gasteiger partial charge in [-0.15, -0.1) is 4.83 Å². The maximum absolute atomic E-state index is 12.5. The minimum Gasteiger partial charge on any atom is -0.309 e. The Balaban J connectivity index is 1.75. The summed E-state index contributed by atoms with van der Waals surface area (Å²) >= 11 is 0. The molecule has 2 heterocycles. The molecule has 1 atom stereocenters. The molecule has 7 nitrogen and oxygen atoms in total. The molecule has 0 saturated carbocycles. The molecule has 1 amide bonds. The fraction of sp³-hybridized carbons (Fsp3) is 0.294. The molecule has 28 heavy (non-hydrogen) atoms.